The fourth-order valence-corrected chi connectivity index (χ4v) is 3.52. The van der Waals surface area contributed by atoms with Crippen molar-refractivity contribution in [3.8, 4) is 0 Å². The van der Waals surface area contributed by atoms with Gasteiger partial charge >= 0.3 is 0 Å². The lowest BCUT2D eigenvalue weighted by molar-refractivity contribution is 0.00811. The SMILES string of the molecule is CC(C)C[C@]1(C)CN(C2CC2)CC[C@@H]1CF. The van der Waals surface area contributed by atoms with Gasteiger partial charge in [-0.05, 0) is 49.5 Å². The largest absolute Gasteiger partial charge is 0.300 e. The van der Waals surface area contributed by atoms with Gasteiger partial charge < -0.3 is 0 Å². The maximum atomic E-state index is 13.1. The molecule has 2 fully saturated rings. The summed E-state index contributed by atoms with van der Waals surface area (Å²) in [5.74, 6) is 0.975. The molecule has 0 N–H and O–H groups in total. The van der Waals surface area contributed by atoms with E-state index in [-0.39, 0.29) is 12.1 Å². The highest BCUT2D eigenvalue weighted by atomic mass is 19.1. The van der Waals surface area contributed by atoms with Crippen LogP contribution in [0.1, 0.15) is 46.5 Å². The Bertz CT molecular complexity index is 237. The summed E-state index contributed by atoms with van der Waals surface area (Å²) in [5.41, 5.74) is 0.212. The summed E-state index contributed by atoms with van der Waals surface area (Å²) in [6, 6.07) is 0.840. The van der Waals surface area contributed by atoms with E-state index in [9.17, 15) is 4.39 Å². The second kappa shape index (κ2) is 4.64. The Kier molecular flexibility index (Phi) is 3.58. The normalized spacial score (nSPS) is 36.9. The molecule has 1 heterocycles. The number of hydrogen-bond donors (Lipinski definition) is 0. The van der Waals surface area contributed by atoms with Gasteiger partial charge in [-0.15, -0.1) is 0 Å². The molecule has 0 unspecified atom stereocenters. The van der Waals surface area contributed by atoms with Crippen molar-refractivity contribution in [2.24, 2.45) is 17.3 Å². The number of piperidine rings is 1. The summed E-state index contributed by atoms with van der Waals surface area (Å²) < 4.78 is 13.1. The molecular weight excluding hydrogens is 201 g/mol. The first-order chi connectivity index (χ1) is 7.55. The lowest BCUT2D eigenvalue weighted by atomic mass is 9.68. The zero-order valence-corrected chi connectivity index (χ0v) is 11.0. The number of rotatable bonds is 4. The molecule has 1 saturated heterocycles. The minimum atomic E-state index is -0.123. The lowest BCUT2D eigenvalue weighted by Gasteiger charge is -2.46. The zero-order chi connectivity index (χ0) is 11.8. The van der Waals surface area contributed by atoms with Crippen LogP contribution < -0.4 is 0 Å². The van der Waals surface area contributed by atoms with Crippen LogP contribution in [0.15, 0.2) is 0 Å². The molecule has 0 aromatic carbocycles. The van der Waals surface area contributed by atoms with Crippen LogP contribution in [-0.4, -0.2) is 30.7 Å². The second-order valence-corrected chi connectivity index (χ2v) is 6.59. The fraction of sp³-hybridized carbons (Fsp3) is 1.00. The molecule has 2 rings (SSSR count). The molecule has 2 aliphatic rings. The Morgan fingerprint density at radius 2 is 2.00 bits per heavy atom. The van der Waals surface area contributed by atoms with Crippen LogP contribution in [0.25, 0.3) is 0 Å². The molecule has 94 valence electrons. The van der Waals surface area contributed by atoms with E-state index in [1.807, 2.05) is 0 Å². The standard InChI is InChI=1S/C14H26FN/c1-11(2)8-14(3)10-16(13-4-5-13)7-6-12(14)9-15/h11-13H,4-10H2,1-3H3/t12-,14-/m1/s1. The average Bonchev–Trinajstić information content (AvgIpc) is 2.98. The molecule has 1 aliphatic heterocycles. The third-order valence-electron chi connectivity index (χ3n) is 4.44. The van der Waals surface area contributed by atoms with Gasteiger partial charge in [-0.1, -0.05) is 20.8 Å². The van der Waals surface area contributed by atoms with Crippen molar-refractivity contribution in [3.05, 3.63) is 0 Å². The van der Waals surface area contributed by atoms with Gasteiger partial charge in [-0.25, -0.2) is 0 Å². The Morgan fingerprint density at radius 1 is 1.31 bits per heavy atom. The Balaban J connectivity index is 2.02. The van der Waals surface area contributed by atoms with Gasteiger partial charge in [0.15, 0.2) is 0 Å². The quantitative estimate of drug-likeness (QED) is 0.710. The predicted molar refractivity (Wildman–Crippen MR) is 66.2 cm³/mol. The van der Waals surface area contributed by atoms with Crippen molar-refractivity contribution in [2.45, 2.75) is 52.5 Å². The van der Waals surface area contributed by atoms with Crippen LogP contribution >= 0.6 is 0 Å². The number of likely N-dealkylation sites (tertiary alicyclic amines) is 1. The summed E-state index contributed by atoms with van der Waals surface area (Å²) >= 11 is 0. The molecule has 2 atom stereocenters. The molecule has 0 aromatic rings. The first-order valence-electron chi connectivity index (χ1n) is 6.85. The van der Waals surface area contributed by atoms with Gasteiger partial charge in [0, 0.05) is 12.6 Å². The number of hydrogen-bond acceptors (Lipinski definition) is 1. The highest BCUT2D eigenvalue weighted by molar-refractivity contribution is 4.96. The van der Waals surface area contributed by atoms with Crippen molar-refractivity contribution in [1.29, 1.82) is 0 Å². The fourth-order valence-electron chi connectivity index (χ4n) is 3.52. The van der Waals surface area contributed by atoms with E-state index in [4.69, 9.17) is 0 Å². The third-order valence-corrected chi connectivity index (χ3v) is 4.44. The molecule has 16 heavy (non-hydrogen) atoms. The molecule has 1 nitrogen and oxygen atoms in total. The summed E-state index contributed by atoms with van der Waals surface area (Å²) in [6.45, 7) is 8.97. The van der Waals surface area contributed by atoms with Gasteiger partial charge in [-0.3, -0.25) is 9.29 Å². The maximum absolute atomic E-state index is 13.1. The van der Waals surface area contributed by atoms with Crippen LogP contribution in [0, 0.1) is 17.3 Å². The molecular formula is C14H26FN. The molecule has 1 aliphatic carbocycles. The van der Waals surface area contributed by atoms with E-state index in [1.165, 1.54) is 19.3 Å². The van der Waals surface area contributed by atoms with Crippen LogP contribution in [0.3, 0.4) is 0 Å². The monoisotopic (exact) mass is 227 g/mol. The molecule has 0 spiro atoms. The van der Waals surface area contributed by atoms with E-state index >= 15 is 0 Å². The first-order valence-corrected chi connectivity index (χ1v) is 6.85. The number of halogens is 1. The third kappa shape index (κ3) is 2.58. The number of alkyl halides is 1. The summed E-state index contributed by atoms with van der Waals surface area (Å²) in [7, 11) is 0. The lowest BCUT2D eigenvalue weighted by Crippen LogP contribution is -2.49. The Labute approximate surface area is 99.4 Å². The summed E-state index contributed by atoms with van der Waals surface area (Å²) in [4.78, 5) is 2.62. The molecule has 0 bridgehead atoms. The molecule has 1 saturated carbocycles. The molecule has 2 heteroatoms. The van der Waals surface area contributed by atoms with Crippen LogP contribution in [0.5, 0.6) is 0 Å². The van der Waals surface area contributed by atoms with Gasteiger partial charge in [0.25, 0.3) is 0 Å². The average molecular weight is 227 g/mol. The van der Waals surface area contributed by atoms with Crippen molar-refractivity contribution in [1.82, 2.24) is 4.90 Å². The highest BCUT2D eigenvalue weighted by Crippen LogP contribution is 2.43. The minimum Gasteiger partial charge on any atom is -0.300 e. The predicted octanol–water partition coefficient (Wildman–Crippen LogP) is 3.49. The Hall–Kier alpha value is -0.110. The maximum Gasteiger partial charge on any atom is 0.0928 e. The number of nitrogens with zero attached hydrogens (tertiary/aromatic N) is 1. The van der Waals surface area contributed by atoms with Crippen LogP contribution in [0.2, 0.25) is 0 Å². The van der Waals surface area contributed by atoms with E-state index in [0.717, 1.165) is 25.6 Å². The van der Waals surface area contributed by atoms with Crippen molar-refractivity contribution in [2.75, 3.05) is 19.8 Å². The van der Waals surface area contributed by atoms with E-state index in [1.54, 1.807) is 0 Å². The molecule has 0 radical (unpaired) electrons. The smallest absolute Gasteiger partial charge is 0.0928 e. The van der Waals surface area contributed by atoms with Gasteiger partial charge in [0.2, 0.25) is 0 Å². The van der Waals surface area contributed by atoms with Crippen molar-refractivity contribution >= 4 is 0 Å². The van der Waals surface area contributed by atoms with E-state index in [2.05, 4.69) is 25.7 Å². The minimum absolute atomic E-state index is 0.123. The summed E-state index contributed by atoms with van der Waals surface area (Å²) in [5, 5.41) is 0. The van der Waals surface area contributed by atoms with Crippen molar-refractivity contribution < 1.29 is 4.39 Å². The Morgan fingerprint density at radius 3 is 2.50 bits per heavy atom. The van der Waals surface area contributed by atoms with Gasteiger partial charge in [0.05, 0.1) is 6.67 Å². The summed E-state index contributed by atoms with van der Waals surface area (Å²) in [6.07, 6.45) is 4.98. The van der Waals surface area contributed by atoms with E-state index < -0.39 is 0 Å². The zero-order valence-electron chi connectivity index (χ0n) is 11.0. The van der Waals surface area contributed by atoms with Gasteiger partial charge in [0.1, 0.15) is 0 Å². The second-order valence-electron chi connectivity index (χ2n) is 6.59. The highest BCUT2D eigenvalue weighted by Gasteiger charge is 2.43. The first kappa shape index (κ1) is 12.3. The van der Waals surface area contributed by atoms with Gasteiger partial charge in [-0.2, -0.15) is 0 Å². The van der Waals surface area contributed by atoms with Crippen LogP contribution in [0.4, 0.5) is 4.39 Å². The van der Waals surface area contributed by atoms with Crippen LogP contribution in [-0.2, 0) is 0 Å². The molecule has 0 amide bonds. The molecule has 0 aromatic heterocycles. The topological polar surface area (TPSA) is 3.24 Å². The van der Waals surface area contributed by atoms with E-state index in [0.29, 0.717) is 11.8 Å². The van der Waals surface area contributed by atoms with Crippen molar-refractivity contribution in [3.63, 3.8) is 0 Å².